The van der Waals surface area contributed by atoms with Gasteiger partial charge in [0.05, 0.1) is 12.6 Å². The number of hydrogen-bond acceptors (Lipinski definition) is 2. The number of aromatic nitrogens is 3. The van der Waals surface area contributed by atoms with Crippen molar-refractivity contribution in [3.05, 3.63) is 52.5 Å². The second-order valence-corrected chi connectivity index (χ2v) is 7.63. The first-order chi connectivity index (χ1) is 12.4. The van der Waals surface area contributed by atoms with Gasteiger partial charge >= 0.3 is 0 Å². The van der Waals surface area contributed by atoms with Gasteiger partial charge in [0, 0.05) is 48.0 Å². The second kappa shape index (κ2) is 6.31. The number of H-pyrrole nitrogens is 1. The minimum Gasteiger partial charge on any atom is -0.358 e. The zero-order valence-electron chi connectivity index (χ0n) is 16.0. The molecule has 0 radical (unpaired) electrons. The Morgan fingerprint density at radius 3 is 2.65 bits per heavy atom. The van der Waals surface area contributed by atoms with Crippen LogP contribution in [0.15, 0.2) is 24.5 Å². The van der Waals surface area contributed by atoms with Crippen molar-refractivity contribution in [1.29, 1.82) is 0 Å². The summed E-state index contributed by atoms with van der Waals surface area (Å²) in [6, 6.07) is 4.67. The molecule has 1 aliphatic rings. The summed E-state index contributed by atoms with van der Waals surface area (Å²) in [5.74, 6) is 0.209. The van der Waals surface area contributed by atoms with Crippen molar-refractivity contribution in [3.8, 4) is 0 Å². The Morgan fingerprint density at radius 1 is 1.27 bits per heavy atom. The lowest BCUT2D eigenvalue weighted by Crippen LogP contribution is -2.33. The van der Waals surface area contributed by atoms with Gasteiger partial charge in [0.2, 0.25) is 5.91 Å². The summed E-state index contributed by atoms with van der Waals surface area (Å²) in [4.78, 5) is 18.7. The lowest BCUT2D eigenvalue weighted by Gasteiger charge is -2.22. The van der Waals surface area contributed by atoms with Crippen LogP contribution < -0.4 is 0 Å². The first kappa shape index (κ1) is 16.9. The standard InChI is InChI=1S/C21H26N4O/c1-13-5-6-14(2)21-20(13)18(15(3)23-21)9-19(26)25(17-7-8-17)12-16-10-22-24(4)11-16/h5-6,10-11,17,23H,7-9,12H2,1-4H3. The summed E-state index contributed by atoms with van der Waals surface area (Å²) in [6.45, 7) is 6.96. The molecule has 5 heteroatoms. The Balaban J connectivity index is 1.63. The molecule has 0 bridgehead atoms. The lowest BCUT2D eigenvalue weighted by molar-refractivity contribution is -0.131. The van der Waals surface area contributed by atoms with Crippen LogP contribution in [0, 0.1) is 20.8 Å². The quantitative estimate of drug-likeness (QED) is 0.765. The highest BCUT2D eigenvalue weighted by Crippen LogP contribution is 2.32. The number of benzene rings is 1. The Morgan fingerprint density at radius 2 is 2.00 bits per heavy atom. The molecular weight excluding hydrogens is 324 g/mol. The van der Waals surface area contributed by atoms with Crippen molar-refractivity contribution in [1.82, 2.24) is 19.7 Å². The van der Waals surface area contributed by atoms with Crippen LogP contribution in [0.25, 0.3) is 10.9 Å². The monoisotopic (exact) mass is 350 g/mol. The summed E-state index contributed by atoms with van der Waals surface area (Å²) in [5, 5.41) is 5.45. The zero-order valence-corrected chi connectivity index (χ0v) is 16.0. The average Bonchev–Trinajstić information content (AvgIpc) is 3.27. The molecule has 0 spiro atoms. The van der Waals surface area contributed by atoms with Crippen LogP contribution in [0.4, 0.5) is 0 Å². The number of carbonyl (C=O) groups excluding carboxylic acids is 1. The summed E-state index contributed by atoms with van der Waals surface area (Å²) in [6.07, 6.45) is 6.52. The second-order valence-electron chi connectivity index (χ2n) is 7.63. The Bertz CT molecular complexity index is 977. The van der Waals surface area contributed by atoms with E-state index in [1.165, 1.54) is 16.5 Å². The smallest absolute Gasteiger partial charge is 0.227 e. The largest absolute Gasteiger partial charge is 0.358 e. The molecule has 0 unspecified atom stereocenters. The molecule has 1 amide bonds. The van der Waals surface area contributed by atoms with E-state index >= 15 is 0 Å². The summed E-state index contributed by atoms with van der Waals surface area (Å²) in [5.41, 5.74) is 6.95. The SMILES string of the molecule is Cc1[nH]c2c(C)ccc(C)c2c1CC(=O)N(Cc1cnn(C)c1)C1CC1. The average molecular weight is 350 g/mol. The number of amides is 1. The van der Waals surface area contributed by atoms with Crippen LogP contribution in [0.3, 0.4) is 0 Å². The Hall–Kier alpha value is -2.56. The number of nitrogens with one attached hydrogen (secondary N) is 1. The molecule has 1 N–H and O–H groups in total. The third-order valence-corrected chi connectivity index (χ3v) is 5.44. The van der Waals surface area contributed by atoms with Gasteiger partial charge in [-0.1, -0.05) is 12.1 Å². The molecule has 2 aromatic heterocycles. The van der Waals surface area contributed by atoms with Crippen LogP contribution in [0.5, 0.6) is 0 Å². The van der Waals surface area contributed by atoms with Crippen LogP contribution in [0.2, 0.25) is 0 Å². The van der Waals surface area contributed by atoms with Crippen LogP contribution >= 0.6 is 0 Å². The molecule has 5 nitrogen and oxygen atoms in total. The van der Waals surface area contributed by atoms with Crippen molar-refractivity contribution in [2.75, 3.05) is 0 Å². The summed E-state index contributed by atoms with van der Waals surface area (Å²) < 4.78 is 1.79. The van der Waals surface area contributed by atoms with Gasteiger partial charge < -0.3 is 9.88 Å². The van der Waals surface area contributed by atoms with Crippen LogP contribution in [-0.4, -0.2) is 31.6 Å². The number of hydrogen-bond donors (Lipinski definition) is 1. The molecule has 0 aliphatic heterocycles. The number of aryl methyl sites for hydroxylation is 4. The first-order valence-corrected chi connectivity index (χ1v) is 9.28. The highest BCUT2D eigenvalue weighted by atomic mass is 16.2. The number of aromatic amines is 1. The lowest BCUT2D eigenvalue weighted by atomic mass is 10.0. The Labute approximate surface area is 154 Å². The fraction of sp³-hybridized carbons (Fsp3) is 0.429. The molecule has 4 rings (SSSR count). The zero-order chi connectivity index (χ0) is 18.4. The molecule has 136 valence electrons. The van der Waals surface area contributed by atoms with Crippen molar-refractivity contribution >= 4 is 16.8 Å². The maximum Gasteiger partial charge on any atom is 0.227 e. The van der Waals surface area contributed by atoms with Crippen molar-refractivity contribution in [2.45, 2.75) is 52.6 Å². The van der Waals surface area contributed by atoms with Gasteiger partial charge in [-0.15, -0.1) is 0 Å². The van der Waals surface area contributed by atoms with E-state index in [9.17, 15) is 4.79 Å². The number of carbonyl (C=O) groups is 1. The van der Waals surface area contributed by atoms with E-state index in [-0.39, 0.29) is 5.91 Å². The van der Waals surface area contributed by atoms with Crippen molar-refractivity contribution in [3.63, 3.8) is 0 Å². The van der Waals surface area contributed by atoms with Crippen LogP contribution in [0.1, 0.15) is 40.8 Å². The normalized spacial score (nSPS) is 14.2. The minimum absolute atomic E-state index is 0.209. The van der Waals surface area contributed by atoms with Crippen molar-refractivity contribution in [2.24, 2.45) is 7.05 Å². The van der Waals surface area contributed by atoms with Gasteiger partial charge in [-0.25, -0.2) is 0 Å². The molecule has 1 aromatic carbocycles. The third-order valence-electron chi connectivity index (χ3n) is 5.44. The molecule has 26 heavy (non-hydrogen) atoms. The highest BCUT2D eigenvalue weighted by Gasteiger charge is 2.33. The maximum absolute atomic E-state index is 13.2. The van der Waals surface area contributed by atoms with Gasteiger partial charge in [-0.05, 0) is 50.3 Å². The molecule has 2 heterocycles. The van der Waals surface area contributed by atoms with Gasteiger partial charge in [-0.2, -0.15) is 5.10 Å². The fourth-order valence-corrected chi connectivity index (χ4v) is 3.84. The third kappa shape index (κ3) is 3.02. The summed E-state index contributed by atoms with van der Waals surface area (Å²) in [7, 11) is 1.91. The molecular formula is C21H26N4O. The molecule has 1 fully saturated rings. The topological polar surface area (TPSA) is 53.9 Å². The highest BCUT2D eigenvalue weighted by molar-refractivity contribution is 5.94. The van der Waals surface area contributed by atoms with E-state index in [4.69, 9.17) is 0 Å². The van der Waals surface area contributed by atoms with Crippen molar-refractivity contribution < 1.29 is 4.79 Å². The van der Waals surface area contributed by atoms with Gasteiger partial charge in [0.25, 0.3) is 0 Å². The van der Waals surface area contributed by atoms with Gasteiger partial charge in [0.15, 0.2) is 0 Å². The van der Waals surface area contributed by atoms with E-state index in [0.717, 1.165) is 35.2 Å². The van der Waals surface area contributed by atoms with E-state index < -0.39 is 0 Å². The molecule has 1 saturated carbocycles. The fourth-order valence-electron chi connectivity index (χ4n) is 3.84. The number of fused-ring (bicyclic) bond motifs is 1. The van der Waals surface area contributed by atoms with Crippen LogP contribution in [-0.2, 0) is 24.8 Å². The maximum atomic E-state index is 13.2. The Kier molecular flexibility index (Phi) is 4.10. The minimum atomic E-state index is 0.209. The first-order valence-electron chi connectivity index (χ1n) is 9.28. The van der Waals surface area contributed by atoms with E-state index in [1.54, 1.807) is 4.68 Å². The van der Waals surface area contributed by atoms with Gasteiger partial charge in [-0.3, -0.25) is 9.48 Å². The molecule has 1 aliphatic carbocycles. The molecule has 0 saturated heterocycles. The number of nitrogens with zero attached hydrogens (tertiary/aromatic N) is 3. The predicted octanol–water partition coefficient (Wildman–Crippen LogP) is 3.56. The van der Waals surface area contributed by atoms with E-state index in [1.807, 2.05) is 24.3 Å². The summed E-state index contributed by atoms with van der Waals surface area (Å²) >= 11 is 0. The van der Waals surface area contributed by atoms with E-state index in [0.29, 0.717) is 19.0 Å². The predicted molar refractivity (Wildman–Crippen MR) is 103 cm³/mol. The molecule has 3 aromatic rings. The van der Waals surface area contributed by atoms with Gasteiger partial charge in [0.1, 0.15) is 0 Å². The number of rotatable bonds is 5. The van der Waals surface area contributed by atoms with E-state index in [2.05, 4.69) is 43.0 Å². The molecule has 0 atom stereocenters.